The lowest BCUT2D eigenvalue weighted by Gasteiger charge is -1.97. The molecule has 0 saturated heterocycles. The summed E-state index contributed by atoms with van der Waals surface area (Å²) in [7, 11) is 0. The molecule has 0 radical (unpaired) electrons. The highest BCUT2D eigenvalue weighted by atomic mass is 35.5. The Bertz CT molecular complexity index is 274. The van der Waals surface area contributed by atoms with E-state index >= 15 is 0 Å². The number of halogens is 1. The summed E-state index contributed by atoms with van der Waals surface area (Å²) in [6, 6.07) is 0. The van der Waals surface area contributed by atoms with Crippen LogP contribution in [0.4, 0.5) is 11.6 Å². The first-order chi connectivity index (χ1) is 5.74. The Morgan fingerprint density at radius 1 is 1.67 bits per heavy atom. The van der Waals surface area contributed by atoms with E-state index in [-0.39, 0.29) is 29.8 Å². The van der Waals surface area contributed by atoms with Crippen molar-refractivity contribution in [2.24, 2.45) is 0 Å². The zero-order chi connectivity index (χ0) is 8.97. The van der Waals surface area contributed by atoms with E-state index in [1.54, 1.807) is 0 Å². The van der Waals surface area contributed by atoms with E-state index in [9.17, 15) is 4.79 Å². The van der Waals surface area contributed by atoms with Crippen LogP contribution in [0.2, 0.25) is 0 Å². The number of carbonyl (C=O) groups excluding carboxylic acids is 1. The highest BCUT2D eigenvalue weighted by Gasteiger charge is 2.08. The van der Waals surface area contributed by atoms with Gasteiger partial charge in [0, 0.05) is 12.3 Å². The maximum atomic E-state index is 10.9. The molecular formula is C5H7ClN4O2. The molecule has 0 aliphatic rings. The molecule has 3 N–H and O–H groups in total. The van der Waals surface area contributed by atoms with Crippen LogP contribution in [0.15, 0.2) is 4.63 Å². The number of hydrogen-bond acceptors (Lipinski definition) is 5. The van der Waals surface area contributed by atoms with Gasteiger partial charge in [-0.1, -0.05) is 0 Å². The van der Waals surface area contributed by atoms with Crippen molar-refractivity contribution in [1.82, 2.24) is 10.3 Å². The molecule has 12 heavy (non-hydrogen) atoms. The van der Waals surface area contributed by atoms with Crippen molar-refractivity contribution >= 4 is 29.1 Å². The van der Waals surface area contributed by atoms with Gasteiger partial charge >= 0.3 is 0 Å². The predicted molar refractivity (Wildman–Crippen MR) is 42.7 cm³/mol. The normalized spacial score (nSPS) is 9.75. The van der Waals surface area contributed by atoms with Crippen molar-refractivity contribution < 1.29 is 9.42 Å². The number of nitrogens with zero attached hydrogens (tertiary/aromatic N) is 2. The number of nitrogens with one attached hydrogen (secondary N) is 1. The van der Waals surface area contributed by atoms with E-state index in [0.717, 1.165) is 0 Å². The zero-order valence-electron chi connectivity index (χ0n) is 6.08. The molecule has 0 aromatic carbocycles. The summed E-state index contributed by atoms with van der Waals surface area (Å²) >= 11 is 5.32. The molecule has 66 valence electrons. The lowest BCUT2D eigenvalue weighted by molar-refractivity contribution is -0.115. The van der Waals surface area contributed by atoms with Crippen molar-refractivity contribution in [3.63, 3.8) is 0 Å². The average Bonchev–Trinajstić information content (AvgIpc) is 2.37. The summed E-state index contributed by atoms with van der Waals surface area (Å²) in [6.45, 7) is 0. The summed E-state index contributed by atoms with van der Waals surface area (Å²) in [5, 5.41) is 9.00. The number of anilines is 2. The number of rotatable bonds is 3. The number of nitrogens with two attached hydrogens (primary N) is 1. The molecule has 0 fully saturated rings. The molecule has 0 aliphatic heterocycles. The summed E-state index contributed by atoms with van der Waals surface area (Å²) in [5.41, 5.74) is 5.27. The van der Waals surface area contributed by atoms with E-state index in [1.807, 2.05) is 0 Å². The quantitative estimate of drug-likeness (QED) is 0.665. The van der Waals surface area contributed by atoms with Crippen LogP contribution in [0.3, 0.4) is 0 Å². The summed E-state index contributed by atoms with van der Waals surface area (Å²) in [6.07, 6.45) is 0.202. The van der Waals surface area contributed by atoms with Crippen LogP contribution >= 0.6 is 11.6 Å². The minimum Gasteiger partial charge on any atom is -0.378 e. The second kappa shape index (κ2) is 3.91. The van der Waals surface area contributed by atoms with Gasteiger partial charge in [0.2, 0.25) is 17.5 Å². The van der Waals surface area contributed by atoms with Crippen molar-refractivity contribution in [2.75, 3.05) is 16.9 Å². The summed E-state index contributed by atoms with van der Waals surface area (Å²) < 4.78 is 4.25. The minimum atomic E-state index is -0.271. The molecule has 0 spiro atoms. The van der Waals surface area contributed by atoms with E-state index in [2.05, 4.69) is 20.3 Å². The van der Waals surface area contributed by atoms with Gasteiger partial charge in [0.15, 0.2) is 0 Å². The first-order valence-electron chi connectivity index (χ1n) is 3.18. The van der Waals surface area contributed by atoms with Gasteiger partial charge in [-0.2, -0.15) is 0 Å². The number of aromatic nitrogens is 2. The van der Waals surface area contributed by atoms with Gasteiger partial charge in [-0.15, -0.1) is 11.6 Å². The summed E-state index contributed by atoms with van der Waals surface area (Å²) in [5.74, 6) is 0.159. The second-order valence-electron chi connectivity index (χ2n) is 1.99. The standard InChI is InChI=1S/C5H7ClN4O2/c6-2-1-3(11)8-5-4(7)9-12-10-5/h1-2H2,(H2,7,9)(H,8,10,11). The third-order valence-corrected chi connectivity index (χ3v) is 1.28. The van der Waals surface area contributed by atoms with Gasteiger partial charge < -0.3 is 11.1 Å². The monoisotopic (exact) mass is 190 g/mol. The van der Waals surface area contributed by atoms with E-state index < -0.39 is 0 Å². The maximum absolute atomic E-state index is 10.9. The molecule has 0 aliphatic carbocycles. The topological polar surface area (TPSA) is 94.0 Å². The fraction of sp³-hybridized carbons (Fsp3) is 0.400. The third-order valence-electron chi connectivity index (χ3n) is 1.09. The van der Waals surface area contributed by atoms with Crippen LogP contribution < -0.4 is 11.1 Å². The van der Waals surface area contributed by atoms with E-state index in [4.69, 9.17) is 17.3 Å². The number of nitrogen functional groups attached to an aromatic ring is 1. The Labute approximate surface area is 73.0 Å². The Morgan fingerprint density at radius 3 is 2.92 bits per heavy atom. The second-order valence-corrected chi connectivity index (χ2v) is 2.36. The van der Waals surface area contributed by atoms with E-state index in [1.165, 1.54) is 0 Å². The van der Waals surface area contributed by atoms with E-state index in [0.29, 0.717) is 0 Å². The Kier molecular flexibility index (Phi) is 2.87. The molecule has 0 atom stereocenters. The fourth-order valence-corrected chi connectivity index (χ4v) is 0.734. The fourth-order valence-electron chi connectivity index (χ4n) is 0.562. The maximum Gasteiger partial charge on any atom is 0.226 e. The number of hydrogen-bond donors (Lipinski definition) is 2. The Balaban J connectivity index is 2.52. The zero-order valence-corrected chi connectivity index (χ0v) is 6.84. The van der Waals surface area contributed by atoms with Gasteiger partial charge in [0.25, 0.3) is 0 Å². The third kappa shape index (κ3) is 2.09. The lowest BCUT2D eigenvalue weighted by Crippen LogP contribution is -2.13. The molecule has 1 amide bonds. The molecule has 1 aromatic heterocycles. The number of carbonyl (C=O) groups is 1. The molecule has 0 bridgehead atoms. The molecule has 1 heterocycles. The summed E-state index contributed by atoms with van der Waals surface area (Å²) in [4.78, 5) is 10.9. The molecule has 7 heteroatoms. The van der Waals surface area contributed by atoms with Gasteiger partial charge in [0.1, 0.15) is 0 Å². The van der Waals surface area contributed by atoms with Crippen LogP contribution in [0.1, 0.15) is 6.42 Å². The molecule has 1 aromatic rings. The van der Waals surface area contributed by atoms with Crippen molar-refractivity contribution in [1.29, 1.82) is 0 Å². The van der Waals surface area contributed by atoms with Gasteiger partial charge in [0.05, 0.1) is 0 Å². The first kappa shape index (κ1) is 8.79. The van der Waals surface area contributed by atoms with Crippen LogP contribution in [-0.2, 0) is 4.79 Å². The molecule has 0 unspecified atom stereocenters. The van der Waals surface area contributed by atoms with Crippen molar-refractivity contribution in [2.45, 2.75) is 6.42 Å². The molecule has 1 rings (SSSR count). The Morgan fingerprint density at radius 2 is 2.42 bits per heavy atom. The average molecular weight is 191 g/mol. The smallest absolute Gasteiger partial charge is 0.226 e. The van der Waals surface area contributed by atoms with Gasteiger partial charge in [-0.3, -0.25) is 4.79 Å². The van der Waals surface area contributed by atoms with Crippen molar-refractivity contribution in [3.8, 4) is 0 Å². The number of alkyl halides is 1. The predicted octanol–water partition coefficient (Wildman–Crippen LogP) is 0.219. The SMILES string of the molecule is Nc1nonc1NC(=O)CCCl. The van der Waals surface area contributed by atoms with Crippen LogP contribution in [-0.4, -0.2) is 22.1 Å². The molecule has 6 nitrogen and oxygen atoms in total. The van der Waals surface area contributed by atoms with Crippen LogP contribution in [0.25, 0.3) is 0 Å². The minimum absolute atomic E-state index is 0.0536. The largest absolute Gasteiger partial charge is 0.378 e. The highest BCUT2D eigenvalue weighted by Crippen LogP contribution is 2.10. The van der Waals surface area contributed by atoms with Crippen LogP contribution in [0, 0.1) is 0 Å². The molecular weight excluding hydrogens is 184 g/mol. The van der Waals surface area contributed by atoms with Gasteiger partial charge in [-0.05, 0) is 10.3 Å². The van der Waals surface area contributed by atoms with Crippen LogP contribution in [0.5, 0.6) is 0 Å². The highest BCUT2D eigenvalue weighted by molar-refractivity contribution is 6.19. The van der Waals surface area contributed by atoms with Crippen molar-refractivity contribution in [3.05, 3.63) is 0 Å². The number of amides is 1. The Hall–Kier alpha value is -1.30. The van der Waals surface area contributed by atoms with Gasteiger partial charge in [-0.25, -0.2) is 4.63 Å². The molecule has 0 saturated carbocycles. The first-order valence-corrected chi connectivity index (χ1v) is 3.71. The lowest BCUT2D eigenvalue weighted by atomic mass is 10.4.